The van der Waals surface area contributed by atoms with Crippen molar-refractivity contribution in [2.75, 3.05) is 11.5 Å². The highest BCUT2D eigenvalue weighted by Crippen LogP contribution is 2.42. The first kappa shape index (κ1) is 11.2. The number of rotatable bonds is 1. The van der Waals surface area contributed by atoms with Gasteiger partial charge in [0.05, 0.1) is 4.88 Å². The average molecular weight is 255 g/mol. The summed E-state index contributed by atoms with van der Waals surface area (Å²) < 4.78 is 36.8. The van der Waals surface area contributed by atoms with E-state index in [1.54, 1.807) is 11.8 Å². The van der Waals surface area contributed by atoms with Crippen LogP contribution >= 0.6 is 23.1 Å². The molecule has 0 bridgehead atoms. The van der Waals surface area contributed by atoms with Gasteiger partial charge in [0.25, 0.3) is 0 Å². The van der Waals surface area contributed by atoms with Crippen molar-refractivity contribution in [3.8, 4) is 0 Å². The normalized spacial score (nSPS) is 27.2. The molecule has 1 N–H and O–H groups in total. The summed E-state index contributed by atoms with van der Waals surface area (Å²) in [6, 6.07) is 0. The van der Waals surface area contributed by atoms with Gasteiger partial charge < -0.3 is 5.11 Å². The summed E-state index contributed by atoms with van der Waals surface area (Å²) in [6.07, 6.45) is -2.78. The minimum Gasteiger partial charge on any atom is -0.383 e. The lowest BCUT2D eigenvalue weighted by Gasteiger charge is -2.18. The van der Waals surface area contributed by atoms with Gasteiger partial charge >= 0.3 is 6.18 Å². The summed E-state index contributed by atoms with van der Waals surface area (Å²) in [4.78, 5) is 3.62. The van der Waals surface area contributed by atoms with E-state index in [-0.39, 0.29) is 0 Å². The zero-order chi connectivity index (χ0) is 11.1. The molecule has 1 aliphatic heterocycles. The monoisotopic (exact) mass is 255 g/mol. The zero-order valence-corrected chi connectivity index (χ0v) is 9.18. The molecule has 1 saturated heterocycles. The van der Waals surface area contributed by atoms with Crippen LogP contribution in [0.1, 0.15) is 16.3 Å². The molecule has 0 aromatic carbocycles. The number of nitrogens with zero attached hydrogens (tertiary/aromatic N) is 1. The van der Waals surface area contributed by atoms with Crippen molar-refractivity contribution in [3.63, 3.8) is 0 Å². The first-order valence-electron chi connectivity index (χ1n) is 4.25. The van der Waals surface area contributed by atoms with Gasteiger partial charge in [-0.3, -0.25) is 0 Å². The third-order valence-corrected chi connectivity index (χ3v) is 4.62. The van der Waals surface area contributed by atoms with Crippen LogP contribution in [0.5, 0.6) is 0 Å². The lowest BCUT2D eigenvalue weighted by Crippen LogP contribution is -2.23. The zero-order valence-electron chi connectivity index (χ0n) is 7.54. The van der Waals surface area contributed by atoms with Crippen molar-refractivity contribution in [1.29, 1.82) is 0 Å². The summed E-state index contributed by atoms with van der Waals surface area (Å²) in [5.74, 6) is 1.22. The Morgan fingerprint density at radius 2 is 2.20 bits per heavy atom. The molecule has 1 unspecified atom stereocenters. The minimum absolute atomic E-state index is 0.319. The number of aliphatic hydroxyl groups is 1. The molecular weight excluding hydrogens is 247 g/mol. The van der Waals surface area contributed by atoms with Gasteiger partial charge in [-0.25, -0.2) is 4.98 Å². The van der Waals surface area contributed by atoms with E-state index in [9.17, 15) is 18.3 Å². The first-order chi connectivity index (χ1) is 6.92. The van der Waals surface area contributed by atoms with E-state index in [1.165, 1.54) is 0 Å². The Labute approximate surface area is 92.5 Å². The molecule has 1 fully saturated rings. The molecule has 0 aliphatic carbocycles. The molecule has 84 valence electrons. The van der Waals surface area contributed by atoms with E-state index >= 15 is 0 Å². The predicted molar refractivity (Wildman–Crippen MR) is 53.0 cm³/mol. The highest BCUT2D eigenvalue weighted by Gasteiger charge is 2.40. The van der Waals surface area contributed by atoms with Crippen molar-refractivity contribution in [1.82, 2.24) is 4.98 Å². The number of aromatic nitrogens is 1. The fourth-order valence-corrected chi connectivity index (χ4v) is 3.62. The van der Waals surface area contributed by atoms with E-state index in [1.807, 2.05) is 0 Å². The molecule has 0 radical (unpaired) electrons. The Morgan fingerprint density at radius 3 is 2.67 bits per heavy atom. The van der Waals surface area contributed by atoms with Crippen LogP contribution in [0.25, 0.3) is 0 Å². The standard InChI is InChI=1S/C8H8F3NOS2/c9-8(10,11)6-12-3-5(15-6)7(13)1-2-14-4-7/h3,13H,1-2,4H2. The quantitative estimate of drug-likeness (QED) is 0.837. The smallest absolute Gasteiger partial charge is 0.383 e. The molecule has 2 heterocycles. The third kappa shape index (κ3) is 2.14. The Morgan fingerprint density at radius 1 is 1.47 bits per heavy atom. The van der Waals surface area contributed by atoms with Gasteiger partial charge in [-0.2, -0.15) is 24.9 Å². The largest absolute Gasteiger partial charge is 0.443 e. The van der Waals surface area contributed by atoms with Gasteiger partial charge in [-0.1, -0.05) is 0 Å². The van der Waals surface area contributed by atoms with Crippen LogP contribution in [-0.4, -0.2) is 21.6 Å². The van der Waals surface area contributed by atoms with Crippen LogP contribution in [0.2, 0.25) is 0 Å². The second-order valence-corrected chi connectivity index (χ2v) is 5.50. The fourth-order valence-electron chi connectivity index (χ4n) is 1.37. The topological polar surface area (TPSA) is 33.1 Å². The van der Waals surface area contributed by atoms with Crippen LogP contribution in [0.4, 0.5) is 13.2 Å². The summed E-state index contributed by atoms with van der Waals surface area (Å²) >= 11 is 2.08. The van der Waals surface area contributed by atoms with Gasteiger partial charge in [0, 0.05) is 11.9 Å². The van der Waals surface area contributed by atoms with E-state index < -0.39 is 16.8 Å². The van der Waals surface area contributed by atoms with Crippen LogP contribution in [0.3, 0.4) is 0 Å². The Kier molecular flexibility index (Phi) is 2.72. The molecule has 0 spiro atoms. The molecule has 1 aliphatic rings. The van der Waals surface area contributed by atoms with Crippen LogP contribution in [0, 0.1) is 0 Å². The number of hydrogen-bond acceptors (Lipinski definition) is 4. The highest BCUT2D eigenvalue weighted by atomic mass is 32.2. The van der Waals surface area contributed by atoms with Crippen molar-refractivity contribution >= 4 is 23.1 Å². The van der Waals surface area contributed by atoms with E-state index in [4.69, 9.17) is 0 Å². The lowest BCUT2D eigenvalue weighted by molar-refractivity contribution is -0.137. The predicted octanol–water partition coefficient (Wildman–Crippen LogP) is 2.49. The molecule has 0 saturated carbocycles. The molecule has 7 heteroatoms. The second-order valence-electron chi connectivity index (χ2n) is 3.36. The molecule has 1 aromatic heterocycles. The van der Waals surface area contributed by atoms with Crippen LogP contribution in [0.15, 0.2) is 6.20 Å². The summed E-state index contributed by atoms with van der Waals surface area (Å²) in [7, 11) is 0. The molecule has 1 aromatic rings. The van der Waals surface area contributed by atoms with E-state index in [2.05, 4.69) is 4.98 Å². The van der Waals surface area contributed by atoms with Gasteiger partial charge in [0.2, 0.25) is 0 Å². The maximum Gasteiger partial charge on any atom is 0.443 e. The summed E-state index contributed by atoms with van der Waals surface area (Å²) in [6.45, 7) is 0. The maximum atomic E-state index is 12.3. The van der Waals surface area contributed by atoms with Crippen LogP contribution in [-0.2, 0) is 11.8 Å². The molecule has 2 rings (SSSR count). The average Bonchev–Trinajstić information content (AvgIpc) is 2.69. The van der Waals surface area contributed by atoms with Gasteiger partial charge in [-0.15, -0.1) is 11.3 Å². The van der Waals surface area contributed by atoms with Crippen LogP contribution < -0.4 is 0 Å². The number of halogens is 3. The summed E-state index contributed by atoms with van der Waals surface area (Å²) in [5, 5.41) is 9.14. The van der Waals surface area contributed by atoms with E-state index in [0.717, 1.165) is 11.9 Å². The minimum atomic E-state index is -4.41. The molecular formula is C8H8F3NOS2. The Balaban J connectivity index is 2.27. The van der Waals surface area contributed by atoms with Crippen molar-refractivity contribution in [3.05, 3.63) is 16.1 Å². The first-order valence-corrected chi connectivity index (χ1v) is 6.22. The van der Waals surface area contributed by atoms with E-state index in [0.29, 0.717) is 28.4 Å². The van der Waals surface area contributed by atoms with Crippen molar-refractivity contribution < 1.29 is 18.3 Å². The van der Waals surface area contributed by atoms with Crippen molar-refractivity contribution in [2.45, 2.75) is 18.2 Å². The Bertz CT molecular complexity index is 357. The summed E-state index contributed by atoms with van der Waals surface area (Å²) in [5.41, 5.74) is -1.11. The number of hydrogen-bond donors (Lipinski definition) is 1. The van der Waals surface area contributed by atoms with Gasteiger partial charge in [-0.05, 0) is 12.2 Å². The van der Waals surface area contributed by atoms with Gasteiger partial charge in [0.1, 0.15) is 5.60 Å². The lowest BCUT2D eigenvalue weighted by atomic mass is 10.0. The number of thiazole rings is 1. The number of alkyl halides is 3. The third-order valence-electron chi connectivity index (χ3n) is 2.21. The highest BCUT2D eigenvalue weighted by molar-refractivity contribution is 7.99. The Hall–Kier alpha value is -0.270. The number of thioether (sulfide) groups is 1. The molecule has 2 nitrogen and oxygen atoms in total. The fraction of sp³-hybridized carbons (Fsp3) is 0.625. The molecule has 0 amide bonds. The molecule has 1 atom stereocenters. The van der Waals surface area contributed by atoms with Gasteiger partial charge in [0.15, 0.2) is 5.01 Å². The SMILES string of the molecule is OC1(c2cnc(C(F)(F)F)s2)CCSC1. The maximum absolute atomic E-state index is 12.3. The van der Waals surface area contributed by atoms with Crippen molar-refractivity contribution in [2.24, 2.45) is 0 Å². The second kappa shape index (κ2) is 3.64. The molecule has 15 heavy (non-hydrogen) atoms.